The number of benzene rings is 2. The molecule has 2 aromatic carbocycles. The fourth-order valence-corrected chi connectivity index (χ4v) is 5.47. The van der Waals surface area contributed by atoms with E-state index in [1.54, 1.807) is 37.5 Å². The molecule has 11 heteroatoms. The van der Waals surface area contributed by atoms with Gasteiger partial charge in [-0.15, -0.1) is 0 Å². The number of hydrogen-bond acceptors (Lipinski definition) is 8. The van der Waals surface area contributed by atoms with Crippen molar-refractivity contribution in [2.45, 2.75) is 29.5 Å². The zero-order valence-electron chi connectivity index (χ0n) is 18.5. The van der Waals surface area contributed by atoms with E-state index in [2.05, 4.69) is 10.1 Å². The molecule has 1 atom stereocenters. The Bertz CT molecular complexity index is 1510. The van der Waals surface area contributed by atoms with Crippen LogP contribution in [0.15, 0.2) is 84.9 Å². The summed E-state index contributed by atoms with van der Waals surface area (Å²) in [4.78, 5) is 17.7. The number of aromatic nitrogens is 1. The molecule has 0 fully saturated rings. The van der Waals surface area contributed by atoms with E-state index in [1.165, 1.54) is 17.1 Å². The zero-order valence-corrected chi connectivity index (χ0v) is 20.9. The van der Waals surface area contributed by atoms with E-state index in [0.717, 1.165) is 23.0 Å². The van der Waals surface area contributed by atoms with Crippen molar-refractivity contribution in [1.29, 1.82) is 0 Å². The number of fused-ring (bicyclic) bond motifs is 1. The lowest BCUT2D eigenvalue weighted by molar-refractivity contribution is -0.130. The van der Waals surface area contributed by atoms with Gasteiger partial charge in [-0.3, -0.25) is 4.79 Å². The van der Waals surface area contributed by atoms with Crippen molar-refractivity contribution in [2.24, 2.45) is 5.10 Å². The van der Waals surface area contributed by atoms with Crippen LogP contribution in [-0.2, 0) is 14.6 Å². The predicted molar refractivity (Wildman–Crippen MR) is 133 cm³/mol. The van der Waals surface area contributed by atoms with Gasteiger partial charge in [0.2, 0.25) is 0 Å². The van der Waals surface area contributed by atoms with E-state index in [0.29, 0.717) is 28.3 Å². The van der Waals surface area contributed by atoms with Gasteiger partial charge in [0, 0.05) is 11.4 Å². The van der Waals surface area contributed by atoms with E-state index in [4.69, 9.17) is 20.4 Å². The van der Waals surface area contributed by atoms with Gasteiger partial charge in [0.05, 0.1) is 28.4 Å². The number of thioether (sulfide) groups is 1. The van der Waals surface area contributed by atoms with Crippen LogP contribution >= 0.6 is 23.4 Å². The molecule has 5 rings (SSSR count). The van der Waals surface area contributed by atoms with Crippen LogP contribution in [0.2, 0.25) is 5.02 Å². The molecular weight excluding hydrogens is 510 g/mol. The summed E-state index contributed by atoms with van der Waals surface area (Å²) in [6, 6.07) is 15.1. The van der Waals surface area contributed by atoms with Crippen LogP contribution in [0.3, 0.4) is 0 Å². The molecule has 1 aliphatic heterocycles. The summed E-state index contributed by atoms with van der Waals surface area (Å²) < 4.78 is 35.6. The Morgan fingerprint density at radius 3 is 2.71 bits per heavy atom. The number of furan rings is 1. The Hall–Kier alpha value is -3.08. The van der Waals surface area contributed by atoms with E-state index in [-0.39, 0.29) is 33.6 Å². The highest BCUT2D eigenvalue weighted by molar-refractivity contribution is 7.99. The minimum atomic E-state index is -3.36. The lowest BCUT2D eigenvalue weighted by Gasteiger charge is -2.19. The molecular formula is C24H20ClN3O5S2. The number of hydrazone groups is 1. The molecule has 0 saturated heterocycles. The first-order valence-electron chi connectivity index (χ1n) is 10.8. The van der Waals surface area contributed by atoms with Crippen LogP contribution in [0.5, 0.6) is 0 Å². The maximum atomic E-state index is 13.2. The standard InChI is InChI=1S/C24H20ClN3O5S2/c1-2-35(30,31)17-9-10-21-19(12-17)26-24(33-21)34-14-23(29)28-20(22-4-3-11-32-22)13-18(27-28)15-5-7-16(25)8-6-15/h3-12,20H,2,13-14H2,1H3/t20-/m1/s1. The Morgan fingerprint density at radius 1 is 1.20 bits per heavy atom. The SMILES string of the molecule is CCS(=O)(=O)c1ccc2oc(SCC(=O)N3N=C(c4ccc(Cl)cc4)C[C@@H]3c3ccco3)nc2c1. The number of nitrogens with zero attached hydrogens (tertiary/aromatic N) is 3. The summed E-state index contributed by atoms with van der Waals surface area (Å²) in [5.41, 5.74) is 2.51. The summed E-state index contributed by atoms with van der Waals surface area (Å²) in [6.07, 6.45) is 2.07. The average molecular weight is 530 g/mol. The summed E-state index contributed by atoms with van der Waals surface area (Å²) in [7, 11) is -3.36. The molecule has 0 N–H and O–H groups in total. The normalized spacial score (nSPS) is 16.1. The van der Waals surface area contributed by atoms with Gasteiger partial charge in [-0.05, 0) is 48.0 Å². The molecule has 180 valence electrons. The highest BCUT2D eigenvalue weighted by Gasteiger charge is 2.35. The molecule has 0 bridgehead atoms. The highest BCUT2D eigenvalue weighted by Crippen LogP contribution is 2.34. The van der Waals surface area contributed by atoms with Gasteiger partial charge in [-0.25, -0.2) is 18.4 Å². The third kappa shape index (κ3) is 4.86. The van der Waals surface area contributed by atoms with Crippen molar-refractivity contribution in [3.63, 3.8) is 0 Å². The largest absolute Gasteiger partial charge is 0.467 e. The third-order valence-electron chi connectivity index (χ3n) is 5.61. The van der Waals surface area contributed by atoms with E-state index < -0.39 is 9.84 Å². The molecule has 4 aromatic rings. The first-order chi connectivity index (χ1) is 16.8. The van der Waals surface area contributed by atoms with Crippen molar-refractivity contribution in [3.05, 3.63) is 77.2 Å². The first kappa shape index (κ1) is 23.7. The number of rotatable bonds is 7. The Morgan fingerprint density at radius 2 is 2.00 bits per heavy atom. The summed E-state index contributed by atoms with van der Waals surface area (Å²) in [5, 5.41) is 6.92. The Kier molecular flexibility index (Phi) is 6.43. The van der Waals surface area contributed by atoms with Crippen molar-refractivity contribution >= 4 is 55.9 Å². The second-order valence-electron chi connectivity index (χ2n) is 7.83. The number of carbonyl (C=O) groups excluding carboxylic acids is 1. The van der Waals surface area contributed by atoms with Crippen LogP contribution in [0.25, 0.3) is 11.1 Å². The van der Waals surface area contributed by atoms with Crippen LogP contribution in [0.4, 0.5) is 0 Å². The second-order valence-corrected chi connectivity index (χ2v) is 11.5. The monoisotopic (exact) mass is 529 g/mol. The van der Waals surface area contributed by atoms with Crippen molar-refractivity contribution in [2.75, 3.05) is 11.5 Å². The van der Waals surface area contributed by atoms with Gasteiger partial charge in [0.15, 0.2) is 15.4 Å². The number of hydrogen-bond donors (Lipinski definition) is 0. The smallest absolute Gasteiger partial charge is 0.257 e. The zero-order chi connectivity index (χ0) is 24.6. The average Bonchev–Trinajstić information content (AvgIpc) is 3.61. The fraction of sp³-hybridized carbons (Fsp3) is 0.208. The predicted octanol–water partition coefficient (Wildman–Crippen LogP) is 5.34. The molecule has 0 aliphatic carbocycles. The lowest BCUT2D eigenvalue weighted by Crippen LogP contribution is -2.28. The third-order valence-corrected chi connectivity index (χ3v) is 8.41. The van der Waals surface area contributed by atoms with Gasteiger partial charge in [0.1, 0.15) is 17.3 Å². The van der Waals surface area contributed by atoms with Gasteiger partial charge in [-0.2, -0.15) is 5.10 Å². The molecule has 8 nitrogen and oxygen atoms in total. The molecule has 0 saturated carbocycles. The van der Waals surface area contributed by atoms with Crippen molar-refractivity contribution < 1.29 is 22.0 Å². The number of sulfone groups is 1. The van der Waals surface area contributed by atoms with E-state index >= 15 is 0 Å². The van der Waals surface area contributed by atoms with Crippen LogP contribution in [-0.4, -0.2) is 41.5 Å². The molecule has 0 unspecified atom stereocenters. The molecule has 3 heterocycles. The summed E-state index contributed by atoms with van der Waals surface area (Å²) in [5.74, 6) is 0.429. The number of halogens is 1. The van der Waals surface area contributed by atoms with Crippen molar-refractivity contribution in [3.8, 4) is 0 Å². The van der Waals surface area contributed by atoms with Gasteiger partial charge in [0.25, 0.3) is 11.1 Å². The van der Waals surface area contributed by atoms with Crippen LogP contribution in [0.1, 0.15) is 30.7 Å². The Labute approximate surface area is 210 Å². The van der Waals surface area contributed by atoms with Gasteiger partial charge >= 0.3 is 0 Å². The minimum absolute atomic E-state index is 0.00232. The van der Waals surface area contributed by atoms with E-state index in [1.807, 2.05) is 18.2 Å². The van der Waals surface area contributed by atoms with Crippen LogP contribution in [0, 0.1) is 0 Å². The highest BCUT2D eigenvalue weighted by atomic mass is 35.5. The quantitative estimate of drug-likeness (QED) is 0.297. The van der Waals surface area contributed by atoms with E-state index in [9.17, 15) is 13.2 Å². The molecule has 1 aliphatic rings. The Balaban J connectivity index is 1.35. The second kappa shape index (κ2) is 9.52. The van der Waals surface area contributed by atoms with Crippen LogP contribution < -0.4 is 0 Å². The van der Waals surface area contributed by atoms with Gasteiger partial charge in [-0.1, -0.05) is 42.4 Å². The molecule has 0 radical (unpaired) electrons. The summed E-state index contributed by atoms with van der Waals surface area (Å²) >= 11 is 7.13. The number of amides is 1. The topological polar surface area (TPSA) is 106 Å². The molecule has 0 spiro atoms. The van der Waals surface area contributed by atoms with Gasteiger partial charge < -0.3 is 8.83 Å². The number of carbonyl (C=O) groups is 1. The fourth-order valence-electron chi connectivity index (χ4n) is 3.76. The molecule has 1 amide bonds. The maximum absolute atomic E-state index is 13.2. The summed E-state index contributed by atoms with van der Waals surface area (Å²) in [6.45, 7) is 1.59. The molecule has 35 heavy (non-hydrogen) atoms. The number of oxazole rings is 1. The maximum Gasteiger partial charge on any atom is 0.257 e. The lowest BCUT2D eigenvalue weighted by atomic mass is 10.0. The first-order valence-corrected chi connectivity index (χ1v) is 13.8. The van der Waals surface area contributed by atoms with Crippen molar-refractivity contribution in [1.82, 2.24) is 9.99 Å². The molecule has 2 aromatic heterocycles. The minimum Gasteiger partial charge on any atom is -0.467 e.